The van der Waals surface area contributed by atoms with Crippen molar-refractivity contribution in [2.45, 2.75) is 18.6 Å². The molecule has 2 atom stereocenters. The number of aliphatic carboxylic acids is 3. The maximum atomic E-state index is 9.77. The Labute approximate surface area is 89.2 Å². The number of rotatable bonds is 5. The van der Waals surface area contributed by atoms with Crippen molar-refractivity contribution in [3.63, 3.8) is 0 Å². The predicted octanol–water partition coefficient (Wildman–Crippen LogP) is -2.67. The second kappa shape index (κ2) is 8.59. The SMILES string of the molecule is O=C(O)C(O)C(O)C(=O)O.O=C(O)CCO. The Kier molecular flexibility index (Phi) is 8.97. The number of carboxylic acid groups (broad SMARTS) is 3. The molecule has 0 bridgehead atoms. The molecule has 6 N–H and O–H groups in total. The Morgan fingerprint density at radius 1 is 0.875 bits per heavy atom. The molecular weight excluding hydrogens is 228 g/mol. The van der Waals surface area contributed by atoms with Gasteiger partial charge in [-0.1, -0.05) is 0 Å². The first-order valence-electron chi connectivity index (χ1n) is 3.88. The second-order valence-corrected chi connectivity index (χ2v) is 2.43. The van der Waals surface area contributed by atoms with Crippen molar-refractivity contribution < 1.29 is 45.0 Å². The highest BCUT2D eigenvalue weighted by Crippen LogP contribution is 1.92. The second-order valence-electron chi connectivity index (χ2n) is 2.43. The summed E-state index contributed by atoms with van der Waals surface area (Å²) in [6.07, 6.45) is -4.69. The highest BCUT2D eigenvalue weighted by Gasteiger charge is 2.29. The van der Waals surface area contributed by atoms with Gasteiger partial charge in [0.05, 0.1) is 13.0 Å². The summed E-state index contributed by atoms with van der Waals surface area (Å²) in [5, 5.41) is 48.1. The molecule has 0 aliphatic carbocycles. The number of aliphatic hydroxyl groups excluding tert-OH is 3. The zero-order valence-corrected chi connectivity index (χ0v) is 7.98. The van der Waals surface area contributed by atoms with Crippen LogP contribution in [0.2, 0.25) is 0 Å². The van der Waals surface area contributed by atoms with Gasteiger partial charge in [0.25, 0.3) is 0 Å². The summed E-state index contributed by atoms with van der Waals surface area (Å²) in [6, 6.07) is 0. The fourth-order valence-corrected chi connectivity index (χ4v) is 0.366. The Hall–Kier alpha value is -1.71. The van der Waals surface area contributed by atoms with E-state index in [1.165, 1.54) is 0 Å². The summed E-state index contributed by atoms with van der Waals surface area (Å²) in [4.78, 5) is 29.0. The van der Waals surface area contributed by atoms with Crippen LogP contribution >= 0.6 is 0 Å². The fraction of sp³-hybridized carbons (Fsp3) is 0.571. The topological polar surface area (TPSA) is 173 Å². The van der Waals surface area contributed by atoms with Crippen LogP contribution in [0, 0.1) is 0 Å². The molecule has 0 saturated heterocycles. The molecule has 0 aromatic carbocycles. The third-order valence-corrected chi connectivity index (χ3v) is 1.13. The minimum atomic E-state index is -2.27. The monoisotopic (exact) mass is 240 g/mol. The lowest BCUT2D eigenvalue weighted by Gasteiger charge is -2.07. The van der Waals surface area contributed by atoms with Crippen LogP contribution < -0.4 is 0 Å². The van der Waals surface area contributed by atoms with E-state index < -0.39 is 30.1 Å². The van der Waals surface area contributed by atoms with Gasteiger partial charge in [0, 0.05) is 0 Å². The summed E-state index contributed by atoms with van der Waals surface area (Å²) >= 11 is 0. The third kappa shape index (κ3) is 8.87. The summed E-state index contributed by atoms with van der Waals surface area (Å²) in [5.74, 6) is -4.50. The van der Waals surface area contributed by atoms with E-state index in [4.69, 9.17) is 30.6 Å². The fourth-order valence-electron chi connectivity index (χ4n) is 0.366. The molecule has 16 heavy (non-hydrogen) atoms. The minimum absolute atomic E-state index is 0.153. The van der Waals surface area contributed by atoms with Gasteiger partial charge in [-0.15, -0.1) is 0 Å². The van der Waals surface area contributed by atoms with Crippen LogP contribution in [0.25, 0.3) is 0 Å². The molecule has 0 saturated carbocycles. The summed E-state index contributed by atoms with van der Waals surface area (Å²) in [6.45, 7) is -0.269. The van der Waals surface area contributed by atoms with E-state index in [1.54, 1.807) is 0 Å². The average Bonchev–Trinajstić information content (AvgIpc) is 2.15. The molecule has 0 spiro atoms. The third-order valence-electron chi connectivity index (χ3n) is 1.13. The van der Waals surface area contributed by atoms with Crippen molar-refractivity contribution in [1.82, 2.24) is 0 Å². The van der Waals surface area contributed by atoms with Crippen LogP contribution in [-0.2, 0) is 14.4 Å². The van der Waals surface area contributed by atoms with Gasteiger partial charge in [0.15, 0.2) is 12.2 Å². The van der Waals surface area contributed by atoms with E-state index in [0.29, 0.717) is 0 Å². The van der Waals surface area contributed by atoms with Gasteiger partial charge < -0.3 is 30.6 Å². The number of aliphatic hydroxyl groups is 3. The maximum Gasteiger partial charge on any atom is 0.335 e. The van der Waals surface area contributed by atoms with E-state index in [9.17, 15) is 14.4 Å². The van der Waals surface area contributed by atoms with Gasteiger partial charge in [0.1, 0.15) is 0 Å². The van der Waals surface area contributed by atoms with E-state index in [2.05, 4.69) is 0 Å². The molecule has 0 rings (SSSR count). The Morgan fingerprint density at radius 3 is 1.25 bits per heavy atom. The van der Waals surface area contributed by atoms with E-state index in [0.717, 1.165) is 0 Å². The summed E-state index contributed by atoms with van der Waals surface area (Å²) in [5.41, 5.74) is 0. The van der Waals surface area contributed by atoms with E-state index in [1.807, 2.05) is 0 Å². The van der Waals surface area contributed by atoms with E-state index in [-0.39, 0.29) is 13.0 Å². The first-order chi connectivity index (χ1) is 7.23. The Balaban J connectivity index is 0. The maximum absolute atomic E-state index is 9.77. The van der Waals surface area contributed by atoms with Crippen LogP contribution in [0.3, 0.4) is 0 Å². The van der Waals surface area contributed by atoms with Gasteiger partial charge >= 0.3 is 17.9 Å². The first kappa shape index (κ1) is 16.7. The summed E-state index contributed by atoms with van der Waals surface area (Å²) in [7, 11) is 0. The quantitative estimate of drug-likeness (QED) is 0.299. The van der Waals surface area contributed by atoms with Gasteiger partial charge in [-0.05, 0) is 0 Å². The van der Waals surface area contributed by atoms with Crippen molar-refractivity contribution in [3.8, 4) is 0 Å². The van der Waals surface area contributed by atoms with Crippen molar-refractivity contribution in [2.75, 3.05) is 6.61 Å². The van der Waals surface area contributed by atoms with Crippen molar-refractivity contribution in [1.29, 1.82) is 0 Å². The predicted molar refractivity (Wildman–Crippen MR) is 46.6 cm³/mol. The molecule has 0 aliphatic heterocycles. The number of carbonyl (C=O) groups is 3. The Bertz CT molecular complexity index is 230. The number of carboxylic acids is 3. The van der Waals surface area contributed by atoms with Gasteiger partial charge in [0.2, 0.25) is 0 Å². The highest BCUT2D eigenvalue weighted by molar-refractivity contribution is 5.83. The number of hydrogen-bond donors (Lipinski definition) is 6. The van der Waals surface area contributed by atoms with Gasteiger partial charge in [-0.3, -0.25) is 4.79 Å². The molecule has 9 nitrogen and oxygen atoms in total. The Morgan fingerprint density at radius 2 is 1.19 bits per heavy atom. The normalized spacial score (nSPS) is 12.9. The highest BCUT2D eigenvalue weighted by atomic mass is 16.4. The smallest absolute Gasteiger partial charge is 0.335 e. The van der Waals surface area contributed by atoms with Crippen LogP contribution in [0.5, 0.6) is 0 Å². The molecule has 0 aromatic heterocycles. The molecule has 9 heteroatoms. The lowest BCUT2D eigenvalue weighted by Crippen LogP contribution is -2.39. The molecular formula is C7H12O9. The van der Waals surface area contributed by atoms with Gasteiger partial charge in [-0.2, -0.15) is 0 Å². The molecule has 2 unspecified atom stereocenters. The molecule has 0 heterocycles. The van der Waals surface area contributed by atoms with Crippen molar-refractivity contribution in [3.05, 3.63) is 0 Å². The van der Waals surface area contributed by atoms with Gasteiger partial charge in [-0.25, -0.2) is 9.59 Å². The van der Waals surface area contributed by atoms with Crippen LogP contribution in [0.1, 0.15) is 6.42 Å². The largest absolute Gasteiger partial charge is 0.481 e. The minimum Gasteiger partial charge on any atom is -0.481 e. The molecule has 94 valence electrons. The van der Waals surface area contributed by atoms with Crippen LogP contribution in [0.4, 0.5) is 0 Å². The van der Waals surface area contributed by atoms with E-state index >= 15 is 0 Å². The molecule has 0 fully saturated rings. The zero-order chi connectivity index (χ0) is 13.3. The zero-order valence-electron chi connectivity index (χ0n) is 7.98. The van der Waals surface area contributed by atoms with Crippen LogP contribution in [0.15, 0.2) is 0 Å². The lowest BCUT2D eigenvalue weighted by atomic mass is 10.2. The first-order valence-corrected chi connectivity index (χ1v) is 3.88. The molecule has 0 aliphatic rings. The molecule has 0 radical (unpaired) electrons. The molecule has 0 aromatic rings. The molecule has 0 amide bonds. The van der Waals surface area contributed by atoms with Crippen molar-refractivity contribution >= 4 is 17.9 Å². The van der Waals surface area contributed by atoms with Crippen molar-refractivity contribution in [2.24, 2.45) is 0 Å². The van der Waals surface area contributed by atoms with Crippen LogP contribution in [-0.4, -0.2) is 67.4 Å². The summed E-state index contributed by atoms with van der Waals surface area (Å²) < 4.78 is 0. The number of hydrogen-bond acceptors (Lipinski definition) is 6. The average molecular weight is 240 g/mol. The lowest BCUT2D eigenvalue weighted by molar-refractivity contribution is -0.165. The standard InChI is InChI=1S/C4H6O6.C3H6O3/c5-1(3(7)8)2(6)4(9)10;4-2-1-3(5)6/h1-2,5-6H,(H,7,8)(H,9,10);4H,1-2H2,(H,5,6).